The molecule has 0 fully saturated rings. The molecule has 0 aromatic heterocycles. The zero-order valence-corrected chi connectivity index (χ0v) is 7.47. The molecule has 78 valence electrons. The Bertz CT molecular complexity index is 317. The number of benzene rings is 1. The number of halogens is 3. The fourth-order valence-corrected chi connectivity index (χ4v) is 0.923. The summed E-state index contributed by atoms with van der Waals surface area (Å²) in [4.78, 5) is 0. The Morgan fingerprint density at radius 3 is 2.50 bits per heavy atom. The van der Waals surface area contributed by atoms with Gasteiger partial charge in [-0.25, -0.2) is 13.2 Å². The molecule has 1 aromatic rings. The minimum absolute atomic E-state index is 0.216. The lowest BCUT2D eigenvalue weighted by Crippen LogP contribution is -2.23. The molecule has 1 atom stereocenters. The second-order valence-electron chi connectivity index (χ2n) is 2.93. The number of nitrogens with one attached hydrogen (secondary N) is 1. The Kier molecular flexibility index (Phi) is 3.22. The number of hydrogen-bond donors (Lipinski definition) is 2. The third kappa shape index (κ3) is 2.55. The Balaban J connectivity index is 2.73. The summed E-state index contributed by atoms with van der Waals surface area (Å²) in [5.74, 6) is -1.34. The van der Waals surface area contributed by atoms with E-state index in [2.05, 4.69) is 5.32 Å². The SMILES string of the molecule is CC(Nc1ccc(O)c(F)c1)C(F)F. The van der Waals surface area contributed by atoms with Gasteiger partial charge in [0.05, 0.1) is 6.04 Å². The highest BCUT2D eigenvalue weighted by atomic mass is 19.3. The van der Waals surface area contributed by atoms with Crippen LogP contribution in [0.2, 0.25) is 0 Å². The van der Waals surface area contributed by atoms with Crippen LogP contribution in [-0.2, 0) is 0 Å². The van der Waals surface area contributed by atoms with E-state index >= 15 is 0 Å². The van der Waals surface area contributed by atoms with Crippen LogP contribution in [0.25, 0.3) is 0 Å². The molecule has 5 heteroatoms. The molecule has 0 aliphatic rings. The zero-order valence-electron chi connectivity index (χ0n) is 7.47. The van der Waals surface area contributed by atoms with Crippen LogP contribution < -0.4 is 5.32 Å². The molecule has 0 aliphatic heterocycles. The molecule has 0 heterocycles. The van der Waals surface area contributed by atoms with Crippen LogP contribution in [0.5, 0.6) is 5.75 Å². The van der Waals surface area contributed by atoms with Crippen LogP contribution in [0, 0.1) is 5.82 Å². The van der Waals surface area contributed by atoms with E-state index in [4.69, 9.17) is 5.11 Å². The maximum atomic E-state index is 12.8. The lowest BCUT2D eigenvalue weighted by Gasteiger charge is -2.14. The van der Waals surface area contributed by atoms with Gasteiger partial charge in [-0.3, -0.25) is 0 Å². The minimum atomic E-state index is -2.52. The van der Waals surface area contributed by atoms with E-state index in [1.165, 1.54) is 13.0 Å². The van der Waals surface area contributed by atoms with Gasteiger partial charge in [0, 0.05) is 11.8 Å². The first kappa shape index (κ1) is 10.7. The second kappa shape index (κ2) is 4.21. The van der Waals surface area contributed by atoms with Crippen LogP contribution >= 0.6 is 0 Å². The van der Waals surface area contributed by atoms with Gasteiger partial charge in [-0.1, -0.05) is 0 Å². The van der Waals surface area contributed by atoms with Crippen molar-refractivity contribution in [3.63, 3.8) is 0 Å². The number of rotatable bonds is 3. The molecule has 1 aromatic carbocycles. The fourth-order valence-electron chi connectivity index (χ4n) is 0.923. The highest BCUT2D eigenvalue weighted by Gasteiger charge is 2.14. The average Bonchev–Trinajstić information content (AvgIpc) is 2.11. The van der Waals surface area contributed by atoms with E-state index in [0.717, 1.165) is 12.1 Å². The average molecular weight is 205 g/mol. The summed E-state index contributed by atoms with van der Waals surface area (Å²) in [6, 6.07) is 2.35. The summed E-state index contributed by atoms with van der Waals surface area (Å²) in [5.41, 5.74) is 0.216. The number of phenolic OH excluding ortho intramolecular Hbond substituents is 1. The topological polar surface area (TPSA) is 32.3 Å². The molecule has 0 radical (unpaired) electrons. The quantitative estimate of drug-likeness (QED) is 0.743. The van der Waals surface area contributed by atoms with E-state index in [1.54, 1.807) is 0 Å². The van der Waals surface area contributed by atoms with Crippen molar-refractivity contribution in [3.05, 3.63) is 24.0 Å². The van der Waals surface area contributed by atoms with Crippen molar-refractivity contribution in [3.8, 4) is 5.75 Å². The highest BCUT2D eigenvalue weighted by Crippen LogP contribution is 2.20. The molecular weight excluding hydrogens is 195 g/mol. The van der Waals surface area contributed by atoms with Crippen molar-refractivity contribution in [2.24, 2.45) is 0 Å². The molecule has 1 unspecified atom stereocenters. The van der Waals surface area contributed by atoms with Crippen LogP contribution in [-0.4, -0.2) is 17.6 Å². The Morgan fingerprint density at radius 1 is 1.36 bits per heavy atom. The van der Waals surface area contributed by atoms with Gasteiger partial charge in [0.1, 0.15) is 0 Å². The largest absolute Gasteiger partial charge is 0.505 e. The van der Waals surface area contributed by atoms with Crippen LogP contribution in [0.15, 0.2) is 18.2 Å². The summed E-state index contributed by atoms with van der Waals surface area (Å²) in [6.07, 6.45) is -2.52. The van der Waals surface area contributed by atoms with Gasteiger partial charge in [0.2, 0.25) is 0 Å². The molecule has 2 N–H and O–H groups in total. The van der Waals surface area contributed by atoms with Crippen molar-refractivity contribution in [1.82, 2.24) is 0 Å². The molecule has 0 saturated heterocycles. The van der Waals surface area contributed by atoms with Crippen molar-refractivity contribution in [2.45, 2.75) is 19.4 Å². The summed E-state index contributed by atoms with van der Waals surface area (Å²) in [7, 11) is 0. The van der Waals surface area contributed by atoms with Gasteiger partial charge in [0.15, 0.2) is 11.6 Å². The lowest BCUT2D eigenvalue weighted by atomic mass is 10.2. The van der Waals surface area contributed by atoms with Gasteiger partial charge >= 0.3 is 0 Å². The van der Waals surface area contributed by atoms with Gasteiger partial charge in [-0.15, -0.1) is 0 Å². The molecule has 14 heavy (non-hydrogen) atoms. The predicted molar refractivity (Wildman–Crippen MR) is 47.2 cm³/mol. The molecule has 0 saturated carbocycles. The van der Waals surface area contributed by atoms with E-state index in [1.807, 2.05) is 0 Å². The van der Waals surface area contributed by atoms with Gasteiger partial charge in [-0.2, -0.15) is 0 Å². The van der Waals surface area contributed by atoms with E-state index in [-0.39, 0.29) is 5.69 Å². The number of aromatic hydroxyl groups is 1. The Labute approximate surface area is 79.4 Å². The molecule has 0 amide bonds. The monoisotopic (exact) mass is 205 g/mol. The van der Waals surface area contributed by atoms with Gasteiger partial charge < -0.3 is 10.4 Å². The molecule has 0 bridgehead atoms. The standard InChI is InChI=1S/C9H10F3NO/c1-5(9(11)12)13-6-2-3-8(14)7(10)4-6/h2-5,9,13-14H,1H3. The van der Waals surface area contributed by atoms with Crippen molar-refractivity contribution < 1.29 is 18.3 Å². The number of phenols is 1. The third-order valence-electron chi connectivity index (χ3n) is 1.72. The number of hydrogen-bond acceptors (Lipinski definition) is 2. The minimum Gasteiger partial charge on any atom is -0.505 e. The maximum absolute atomic E-state index is 12.8. The van der Waals surface area contributed by atoms with Crippen molar-refractivity contribution in [2.75, 3.05) is 5.32 Å². The third-order valence-corrected chi connectivity index (χ3v) is 1.72. The second-order valence-corrected chi connectivity index (χ2v) is 2.93. The predicted octanol–water partition coefficient (Wildman–Crippen LogP) is 2.60. The van der Waals surface area contributed by atoms with Gasteiger partial charge in [0.25, 0.3) is 6.43 Å². The van der Waals surface area contributed by atoms with Crippen LogP contribution in [0.4, 0.5) is 18.9 Å². The van der Waals surface area contributed by atoms with Crippen LogP contribution in [0.3, 0.4) is 0 Å². The van der Waals surface area contributed by atoms with E-state index in [0.29, 0.717) is 0 Å². The van der Waals surface area contributed by atoms with Crippen molar-refractivity contribution in [1.29, 1.82) is 0 Å². The summed E-state index contributed by atoms with van der Waals surface area (Å²) >= 11 is 0. The molecule has 2 nitrogen and oxygen atoms in total. The molecular formula is C9H10F3NO. The first-order valence-electron chi connectivity index (χ1n) is 4.04. The molecule has 1 rings (SSSR count). The summed E-state index contributed by atoms with van der Waals surface area (Å²) in [5, 5.41) is 11.2. The first-order valence-corrected chi connectivity index (χ1v) is 4.04. The molecule has 0 spiro atoms. The summed E-state index contributed by atoms with van der Waals surface area (Å²) < 4.78 is 36.9. The van der Waals surface area contributed by atoms with E-state index < -0.39 is 24.0 Å². The van der Waals surface area contributed by atoms with Gasteiger partial charge in [-0.05, 0) is 19.1 Å². The number of alkyl halides is 2. The first-order chi connectivity index (χ1) is 6.50. The Hall–Kier alpha value is -1.39. The molecule has 0 aliphatic carbocycles. The summed E-state index contributed by atoms with van der Waals surface area (Å²) in [6.45, 7) is 1.29. The Morgan fingerprint density at radius 2 is 2.00 bits per heavy atom. The fraction of sp³-hybridized carbons (Fsp3) is 0.333. The normalized spacial score (nSPS) is 12.9. The zero-order chi connectivity index (χ0) is 10.7. The van der Waals surface area contributed by atoms with E-state index in [9.17, 15) is 13.2 Å². The van der Waals surface area contributed by atoms with Crippen molar-refractivity contribution >= 4 is 5.69 Å². The van der Waals surface area contributed by atoms with Crippen LogP contribution in [0.1, 0.15) is 6.92 Å². The lowest BCUT2D eigenvalue weighted by molar-refractivity contribution is 0.130. The highest BCUT2D eigenvalue weighted by molar-refractivity contribution is 5.47. The smallest absolute Gasteiger partial charge is 0.258 e. The maximum Gasteiger partial charge on any atom is 0.258 e. The number of anilines is 1.